The summed E-state index contributed by atoms with van der Waals surface area (Å²) in [6.07, 6.45) is 1.69. The lowest BCUT2D eigenvalue weighted by molar-refractivity contribution is 0.0647. The first-order valence-corrected chi connectivity index (χ1v) is 7.63. The number of aryl methyl sites for hydroxylation is 3. The van der Waals surface area contributed by atoms with E-state index in [-0.39, 0.29) is 5.91 Å². The normalized spacial score (nSPS) is 16.0. The fraction of sp³-hybridized carbons (Fsp3) is 0.562. The van der Waals surface area contributed by atoms with Crippen LogP contribution in [0.25, 0.3) is 11.0 Å². The number of fused-ring (bicyclic) bond motifs is 1. The van der Waals surface area contributed by atoms with Crippen LogP contribution in [-0.2, 0) is 7.05 Å². The summed E-state index contributed by atoms with van der Waals surface area (Å²) >= 11 is 0. The van der Waals surface area contributed by atoms with Gasteiger partial charge in [0, 0.05) is 26.3 Å². The van der Waals surface area contributed by atoms with E-state index in [4.69, 9.17) is 0 Å². The van der Waals surface area contributed by atoms with Gasteiger partial charge < -0.3 is 10.0 Å². The van der Waals surface area contributed by atoms with E-state index in [1.54, 1.807) is 22.7 Å². The van der Waals surface area contributed by atoms with Gasteiger partial charge in [-0.25, -0.2) is 4.98 Å². The molecule has 2 heterocycles. The second-order valence-corrected chi connectivity index (χ2v) is 6.31. The molecule has 0 aliphatic heterocycles. The zero-order chi connectivity index (χ0) is 16.0. The fourth-order valence-corrected chi connectivity index (χ4v) is 2.94. The largest absolute Gasteiger partial charge is 0.391 e. The molecule has 118 valence electrons. The van der Waals surface area contributed by atoms with E-state index >= 15 is 0 Å². The fourth-order valence-electron chi connectivity index (χ4n) is 2.94. The van der Waals surface area contributed by atoms with Crippen LogP contribution in [0.15, 0.2) is 6.07 Å². The minimum Gasteiger partial charge on any atom is -0.391 e. The zero-order valence-corrected chi connectivity index (χ0v) is 13.5. The molecule has 0 radical (unpaired) electrons. The summed E-state index contributed by atoms with van der Waals surface area (Å²) in [6, 6.07) is 1.80. The Kier molecular flexibility index (Phi) is 3.64. The number of aromatic nitrogens is 3. The second kappa shape index (κ2) is 5.35. The van der Waals surface area contributed by atoms with E-state index in [9.17, 15) is 9.90 Å². The lowest BCUT2D eigenvalue weighted by Crippen LogP contribution is -2.35. The molecule has 1 saturated carbocycles. The Labute approximate surface area is 129 Å². The van der Waals surface area contributed by atoms with Gasteiger partial charge in [-0.15, -0.1) is 0 Å². The SMILES string of the molecule is Cc1cc(C(=O)N(C)CC(O)C2CC2)c2c(C)nn(C)c2n1. The maximum Gasteiger partial charge on any atom is 0.254 e. The molecular formula is C16H22N4O2. The molecule has 1 N–H and O–H groups in total. The molecule has 0 aromatic carbocycles. The van der Waals surface area contributed by atoms with E-state index in [0.29, 0.717) is 18.0 Å². The number of nitrogens with zero attached hydrogens (tertiary/aromatic N) is 4. The minimum atomic E-state index is -0.428. The number of pyridine rings is 1. The van der Waals surface area contributed by atoms with Crippen molar-refractivity contribution in [3.8, 4) is 0 Å². The van der Waals surface area contributed by atoms with Crippen molar-refractivity contribution in [3.05, 3.63) is 23.0 Å². The van der Waals surface area contributed by atoms with Gasteiger partial charge >= 0.3 is 0 Å². The van der Waals surface area contributed by atoms with Gasteiger partial charge in [-0.3, -0.25) is 9.48 Å². The number of hydrogen-bond acceptors (Lipinski definition) is 4. The molecule has 2 aromatic heterocycles. The van der Waals surface area contributed by atoms with Crippen molar-refractivity contribution in [1.29, 1.82) is 0 Å². The molecule has 0 bridgehead atoms. The standard InChI is InChI=1S/C16H22N4O2/c1-9-7-12(14-10(2)18-20(4)15(14)17-9)16(22)19(3)8-13(21)11-5-6-11/h7,11,13,21H,5-6,8H2,1-4H3. The molecule has 0 saturated heterocycles. The number of amides is 1. The molecule has 0 spiro atoms. The van der Waals surface area contributed by atoms with Gasteiger partial charge in [0.1, 0.15) is 0 Å². The van der Waals surface area contributed by atoms with Crippen LogP contribution in [-0.4, -0.2) is 50.4 Å². The zero-order valence-electron chi connectivity index (χ0n) is 13.5. The molecule has 1 amide bonds. The van der Waals surface area contributed by atoms with Gasteiger partial charge in [0.05, 0.1) is 22.7 Å². The van der Waals surface area contributed by atoms with Crippen LogP contribution in [0.1, 0.15) is 34.6 Å². The molecule has 1 aliphatic carbocycles. The summed E-state index contributed by atoms with van der Waals surface area (Å²) < 4.78 is 1.70. The summed E-state index contributed by atoms with van der Waals surface area (Å²) in [5.41, 5.74) is 2.91. The van der Waals surface area contributed by atoms with E-state index in [1.165, 1.54) is 0 Å². The highest BCUT2D eigenvalue weighted by atomic mass is 16.3. The van der Waals surface area contributed by atoms with Crippen LogP contribution in [0, 0.1) is 19.8 Å². The maximum absolute atomic E-state index is 12.8. The van der Waals surface area contributed by atoms with Gasteiger partial charge in [0.15, 0.2) is 5.65 Å². The number of carbonyl (C=O) groups excluding carboxylic acids is 1. The van der Waals surface area contributed by atoms with Crippen molar-refractivity contribution < 1.29 is 9.90 Å². The van der Waals surface area contributed by atoms with E-state index < -0.39 is 6.10 Å². The van der Waals surface area contributed by atoms with Crippen LogP contribution in [0.5, 0.6) is 0 Å². The van der Waals surface area contributed by atoms with Crippen LogP contribution in [0.3, 0.4) is 0 Å². The van der Waals surface area contributed by atoms with Crippen LogP contribution in [0.4, 0.5) is 0 Å². The summed E-state index contributed by atoms with van der Waals surface area (Å²) in [6.45, 7) is 4.12. The van der Waals surface area contributed by atoms with Crippen molar-refractivity contribution in [2.45, 2.75) is 32.8 Å². The topological polar surface area (TPSA) is 71.2 Å². The predicted molar refractivity (Wildman–Crippen MR) is 83.7 cm³/mol. The highest BCUT2D eigenvalue weighted by Gasteiger charge is 2.31. The maximum atomic E-state index is 12.8. The lowest BCUT2D eigenvalue weighted by atomic mass is 10.1. The molecule has 3 rings (SSSR count). The first-order chi connectivity index (χ1) is 10.4. The molecule has 1 aliphatic rings. The van der Waals surface area contributed by atoms with Crippen molar-refractivity contribution in [2.24, 2.45) is 13.0 Å². The van der Waals surface area contributed by atoms with Crippen molar-refractivity contribution in [1.82, 2.24) is 19.7 Å². The molecule has 2 aromatic rings. The minimum absolute atomic E-state index is 0.0914. The van der Waals surface area contributed by atoms with Gasteiger partial charge in [-0.1, -0.05) is 0 Å². The third-order valence-electron chi connectivity index (χ3n) is 4.30. The number of aliphatic hydroxyl groups excluding tert-OH is 1. The van der Waals surface area contributed by atoms with Crippen molar-refractivity contribution in [3.63, 3.8) is 0 Å². The Morgan fingerprint density at radius 1 is 1.50 bits per heavy atom. The molecular weight excluding hydrogens is 280 g/mol. The summed E-state index contributed by atoms with van der Waals surface area (Å²) in [7, 11) is 3.57. The van der Waals surface area contributed by atoms with Crippen molar-refractivity contribution >= 4 is 16.9 Å². The molecule has 1 unspecified atom stereocenters. The van der Waals surface area contributed by atoms with Crippen molar-refractivity contribution in [2.75, 3.05) is 13.6 Å². The van der Waals surface area contributed by atoms with E-state index in [2.05, 4.69) is 10.1 Å². The smallest absolute Gasteiger partial charge is 0.254 e. The third kappa shape index (κ3) is 2.59. The van der Waals surface area contributed by atoms with Crippen LogP contribution < -0.4 is 0 Å². The lowest BCUT2D eigenvalue weighted by Gasteiger charge is -2.21. The number of aliphatic hydroxyl groups is 1. The first-order valence-electron chi connectivity index (χ1n) is 7.63. The van der Waals surface area contributed by atoms with Gasteiger partial charge in [-0.05, 0) is 38.7 Å². The van der Waals surface area contributed by atoms with Crippen LogP contribution >= 0.6 is 0 Å². The van der Waals surface area contributed by atoms with Crippen LogP contribution in [0.2, 0.25) is 0 Å². The average molecular weight is 302 g/mol. The Morgan fingerprint density at radius 2 is 2.18 bits per heavy atom. The summed E-state index contributed by atoms with van der Waals surface area (Å²) in [5.74, 6) is 0.265. The molecule has 1 fully saturated rings. The Hall–Kier alpha value is -1.95. The molecule has 6 nitrogen and oxygen atoms in total. The van der Waals surface area contributed by atoms with E-state index in [0.717, 1.165) is 35.3 Å². The molecule has 22 heavy (non-hydrogen) atoms. The van der Waals surface area contributed by atoms with Gasteiger partial charge in [0.2, 0.25) is 0 Å². The number of likely N-dealkylation sites (N-methyl/N-ethyl adjacent to an activating group) is 1. The average Bonchev–Trinajstić information content (AvgIpc) is 3.25. The summed E-state index contributed by atoms with van der Waals surface area (Å²) in [4.78, 5) is 18.9. The Bertz CT molecular complexity index is 733. The Morgan fingerprint density at radius 3 is 2.82 bits per heavy atom. The molecule has 6 heteroatoms. The highest BCUT2D eigenvalue weighted by Crippen LogP contribution is 2.33. The first kappa shape index (κ1) is 15.0. The highest BCUT2D eigenvalue weighted by molar-refractivity contribution is 6.06. The van der Waals surface area contributed by atoms with Gasteiger partial charge in [0.25, 0.3) is 5.91 Å². The number of hydrogen-bond donors (Lipinski definition) is 1. The monoisotopic (exact) mass is 302 g/mol. The molecule has 1 atom stereocenters. The van der Waals surface area contributed by atoms with E-state index in [1.807, 2.05) is 20.9 Å². The summed E-state index contributed by atoms with van der Waals surface area (Å²) in [5, 5.41) is 15.2. The third-order valence-corrected chi connectivity index (χ3v) is 4.30. The second-order valence-electron chi connectivity index (χ2n) is 6.31. The predicted octanol–water partition coefficient (Wildman–Crippen LogP) is 1.43. The quantitative estimate of drug-likeness (QED) is 0.927. The number of rotatable bonds is 4. The van der Waals surface area contributed by atoms with Gasteiger partial charge in [-0.2, -0.15) is 5.10 Å². The Balaban J connectivity index is 1.95. The number of carbonyl (C=O) groups is 1.